The van der Waals surface area contributed by atoms with Crippen molar-refractivity contribution in [3.8, 4) is 17.0 Å². The van der Waals surface area contributed by atoms with Gasteiger partial charge in [0.1, 0.15) is 18.7 Å². The molecule has 180 valence electrons. The summed E-state index contributed by atoms with van der Waals surface area (Å²) in [5, 5.41) is 11.4. The maximum Gasteiger partial charge on any atom is 0.416 e. The lowest BCUT2D eigenvalue weighted by molar-refractivity contribution is -0.692. The molecule has 35 heavy (non-hydrogen) atoms. The summed E-state index contributed by atoms with van der Waals surface area (Å²) < 4.78 is 43.7. The standard InChI is InChI=1S/C24H18ClF3N4O2S/c1-30-13-17(18-11-29-22(25)35-18)32-21(34)19(15-8-5-9-16(10-15)24(26,27)28)20(33)31(23(30)32)12-14-6-3-2-4-7-14/h2-11,17H,12-13H2,1H3/p+1. The molecule has 3 heterocycles. The highest BCUT2D eigenvalue weighted by Gasteiger charge is 2.43. The Morgan fingerprint density at radius 1 is 1.20 bits per heavy atom. The predicted molar refractivity (Wildman–Crippen MR) is 127 cm³/mol. The van der Waals surface area contributed by atoms with Gasteiger partial charge < -0.3 is 5.11 Å². The lowest BCUT2D eigenvalue weighted by Crippen LogP contribution is -2.54. The van der Waals surface area contributed by atoms with Crippen LogP contribution in [-0.2, 0) is 12.7 Å². The fourth-order valence-electron chi connectivity index (χ4n) is 4.41. The van der Waals surface area contributed by atoms with Crippen molar-refractivity contribution in [2.75, 3.05) is 18.5 Å². The van der Waals surface area contributed by atoms with E-state index in [1.165, 1.54) is 28.0 Å². The van der Waals surface area contributed by atoms with E-state index in [-0.39, 0.29) is 17.7 Å². The summed E-state index contributed by atoms with van der Waals surface area (Å²) in [5.74, 6) is 0.0223. The Bertz CT molecular complexity index is 1470. The Balaban J connectivity index is 1.79. The predicted octanol–water partition coefficient (Wildman–Crippen LogP) is 4.72. The van der Waals surface area contributed by atoms with E-state index in [0.29, 0.717) is 17.0 Å². The van der Waals surface area contributed by atoms with Crippen molar-refractivity contribution in [3.05, 3.63) is 91.6 Å². The Morgan fingerprint density at radius 3 is 2.60 bits per heavy atom. The van der Waals surface area contributed by atoms with Crippen LogP contribution in [0.2, 0.25) is 4.47 Å². The number of benzene rings is 2. The van der Waals surface area contributed by atoms with E-state index in [4.69, 9.17) is 11.6 Å². The quantitative estimate of drug-likeness (QED) is 0.396. The molecule has 0 fully saturated rings. The molecule has 1 aliphatic rings. The summed E-state index contributed by atoms with van der Waals surface area (Å²) in [6.07, 6.45) is -3.00. The fourth-order valence-corrected chi connectivity index (χ4v) is 5.45. The molecule has 0 radical (unpaired) electrons. The molecular weight excluding hydrogens is 501 g/mol. The molecule has 0 aliphatic carbocycles. The highest BCUT2D eigenvalue weighted by molar-refractivity contribution is 7.15. The number of rotatable bonds is 4. The van der Waals surface area contributed by atoms with E-state index in [0.717, 1.165) is 22.6 Å². The van der Waals surface area contributed by atoms with Gasteiger partial charge in [-0.15, -0.1) is 11.3 Å². The molecular formula is C24H19ClF3N4O2S+. The number of thiazole rings is 1. The summed E-state index contributed by atoms with van der Waals surface area (Å²) in [6, 6.07) is 13.2. The van der Waals surface area contributed by atoms with Gasteiger partial charge in [-0.2, -0.15) is 22.3 Å². The highest BCUT2D eigenvalue weighted by Crippen LogP contribution is 2.41. The third-order valence-electron chi connectivity index (χ3n) is 5.95. The molecule has 6 nitrogen and oxygen atoms in total. The van der Waals surface area contributed by atoms with E-state index >= 15 is 0 Å². The number of alkyl halides is 3. The molecule has 11 heteroatoms. The average molecular weight is 520 g/mol. The molecule has 2 aromatic carbocycles. The summed E-state index contributed by atoms with van der Waals surface area (Å²) in [4.78, 5) is 20.4. The van der Waals surface area contributed by atoms with Crippen molar-refractivity contribution in [2.24, 2.45) is 0 Å². The minimum absolute atomic E-state index is 0.0184. The van der Waals surface area contributed by atoms with Crippen LogP contribution < -0.4 is 15.0 Å². The van der Waals surface area contributed by atoms with Crippen LogP contribution in [0.1, 0.15) is 22.0 Å². The number of aromatic nitrogens is 3. The van der Waals surface area contributed by atoms with Gasteiger partial charge >= 0.3 is 17.7 Å². The number of likely N-dealkylation sites (N-methyl/N-ethyl adjacent to an activating group) is 1. The summed E-state index contributed by atoms with van der Waals surface area (Å²) >= 11 is 7.29. The molecule has 1 atom stereocenters. The lowest BCUT2D eigenvalue weighted by Gasteiger charge is -2.16. The van der Waals surface area contributed by atoms with E-state index < -0.39 is 29.2 Å². The zero-order chi connectivity index (χ0) is 24.9. The number of hydrogen-bond acceptors (Lipinski definition) is 5. The monoisotopic (exact) mass is 519 g/mol. The second-order valence-corrected chi connectivity index (χ2v) is 9.88. The number of hydrogen-bond donors (Lipinski definition) is 1. The third-order valence-corrected chi connectivity index (χ3v) is 7.17. The molecule has 5 rings (SSSR count). The van der Waals surface area contributed by atoms with Gasteiger partial charge in [0.2, 0.25) is 0 Å². The van der Waals surface area contributed by atoms with Crippen LogP contribution in [0.25, 0.3) is 11.1 Å². The van der Waals surface area contributed by atoms with E-state index in [1.807, 2.05) is 35.2 Å². The molecule has 2 aromatic heterocycles. The highest BCUT2D eigenvalue weighted by atomic mass is 35.5. The van der Waals surface area contributed by atoms with Gasteiger partial charge in [-0.3, -0.25) is 4.90 Å². The molecule has 0 saturated heterocycles. The van der Waals surface area contributed by atoms with Gasteiger partial charge in [-0.25, -0.2) is 9.78 Å². The molecule has 0 amide bonds. The van der Waals surface area contributed by atoms with Crippen molar-refractivity contribution in [2.45, 2.75) is 18.8 Å². The Morgan fingerprint density at radius 2 is 1.94 bits per heavy atom. The van der Waals surface area contributed by atoms with Gasteiger partial charge in [-0.1, -0.05) is 54.1 Å². The Kier molecular flexibility index (Phi) is 5.80. The van der Waals surface area contributed by atoms with Gasteiger partial charge in [0.05, 0.1) is 17.5 Å². The summed E-state index contributed by atoms with van der Waals surface area (Å²) in [5.41, 5.74) is -0.888. The number of halogens is 4. The van der Waals surface area contributed by atoms with Gasteiger partial charge in [-0.05, 0) is 23.3 Å². The molecule has 1 aliphatic heterocycles. The smallest absolute Gasteiger partial charge is 0.416 e. The fraction of sp³-hybridized carbons (Fsp3) is 0.208. The van der Waals surface area contributed by atoms with Crippen LogP contribution in [0.5, 0.6) is 5.88 Å². The number of anilines is 1. The van der Waals surface area contributed by atoms with Crippen LogP contribution in [0.3, 0.4) is 0 Å². The summed E-state index contributed by atoms with van der Waals surface area (Å²) in [6.45, 7) is 0.577. The largest absolute Gasteiger partial charge is 0.483 e. The first-order chi connectivity index (χ1) is 16.6. The van der Waals surface area contributed by atoms with Crippen molar-refractivity contribution >= 4 is 28.9 Å². The number of aromatic hydroxyl groups is 1. The number of fused-ring (bicyclic) bond motifs is 1. The zero-order valence-corrected chi connectivity index (χ0v) is 19.9. The molecule has 4 aromatic rings. The van der Waals surface area contributed by atoms with E-state index in [2.05, 4.69) is 4.98 Å². The number of nitrogens with zero attached hydrogens (tertiary/aromatic N) is 4. The Hall–Kier alpha value is -3.37. The molecule has 0 bridgehead atoms. The van der Waals surface area contributed by atoms with Crippen LogP contribution >= 0.6 is 22.9 Å². The van der Waals surface area contributed by atoms with Gasteiger partial charge in [0.25, 0.3) is 5.88 Å². The SMILES string of the molecule is CN1CC(c2cnc(Cl)s2)n2c(O)c(-c3cccc(C(F)(F)F)c3)c(=O)[n+](Cc3ccccc3)c21. The maximum atomic E-state index is 13.8. The Labute approximate surface area is 207 Å². The maximum absolute atomic E-state index is 13.8. The normalized spacial score (nSPS) is 15.5. The lowest BCUT2D eigenvalue weighted by atomic mass is 10.0. The van der Waals surface area contributed by atoms with Crippen LogP contribution in [0.15, 0.2) is 65.6 Å². The first kappa shape index (κ1) is 23.4. The first-order valence-electron chi connectivity index (χ1n) is 10.6. The third kappa shape index (κ3) is 4.17. The second kappa shape index (κ2) is 8.69. The van der Waals surface area contributed by atoms with E-state index in [9.17, 15) is 23.1 Å². The first-order valence-corrected chi connectivity index (χ1v) is 11.8. The average Bonchev–Trinajstić information content (AvgIpc) is 3.40. The summed E-state index contributed by atoms with van der Waals surface area (Å²) in [7, 11) is 1.79. The van der Waals surface area contributed by atoms with Crippen LogP contribution in [0.4, 0.5) is 19.1 Å². The van der Waals surface area contributed by atoms with Gasteiger partial charge in [0, 0.05) is 6.20 Å². The minimum atomic E-state index is -4.60. The van der Waals surface area contributed by atoms with E-state index in [1.54, 1.807) is 17.8 Å². The van der Waals surface area contributed by atoms with Crippen molar-refractivity contribution in [1.29, 1.82) is 0 Å². The zero-order valence-electron chi connectivity index (χ0n) is 18.3. The topological polar surface area (TPSA) is 62.2 Å². The van der Waals surface area contributed by atoms with Crippen LogP contribution in [0, 0.1) is 0 Å². The van der Waals surface area contributed by atoms with Crippen molar-refractivity contribution < 1.29 is 22.8 Å². The molecule has 1 unspecified atom stereocenters. The second-order valence-electron chi connectivity index (χ2n) is 8.24. The molecule has 0 saturated carbocycles. The van der Waals surface area contributed by atoms with Crippen LogP contribution in [-0.4, -0.2) is 28.3 Å². The van der Waals surface area contributed by atoms with Gasteiger partial charge in [0.15, 0.2) is 10.5 Å². The molecule has 0 spiro atoms. The molecule has 1 N–H and O–H groups in total. The minimum Gasteiger partial charge on any atom is -0.483 e. The van der Waals surface area contributed by atoms with Crippen molar-refractivity contribution in [3.63, 3.8) is 0 Å². The van der Waals surface area contributed by atoms with Crippen molar-refractivity contribution in [1.82, 2.24) is 9.55 Å².